The van der Waals surface area contributed by atoms with Gasteiger partial charge in [0.1, 0.15) is 0 Å². The Bertz CT molecular complexity index is 811. The lowest BCUT2D eigenvalue weighted by molar-refractivity contribution is -0.123. The minimum absolute atomic E-state index is 0. The molecule has 2 aromatic rings. The molecule has 1 aliphatic heterocycles. The number of hydrogen-bond acceptors (Lipinski definition) is 4. The number of hydrogen-bond donors (Lipinski definition) is 4. The number of aliphatic hydroxyl groups is 1. The Kier molecular flexibility index (Phi) is 7.99. The molecule has 2 amide bonds. The molecule has 6 nitrogen and oxygen atoms in total. The third-order valence-electron chi connectivity index (χ3n) is 4.65. The second kappa shape index (κ2) is 10.2. The molecule has 1 aliphatic rings. The zero-order valence-electron chi connectivity index (χ0n) is 15.8. The Labute approximate surface area is 171 Å². The predicted octanol–water partition coefficient (Wildman–Crippen LogP) is 1.69. The van der Waals surface area contributed by atoms with Crippen LogP contribution in [-0.2, 0) is 17.9 Å². The number of halogens is 1. The van der Waals surface area contributed by atoms with Gasteiger partial charge in [-0.05, 0) is 36.6 Å². The summed E-state index contributed by atoms with van der Waals surface area (Å²) >= 11 is 0. The monoisotopic (exact) mass is 403 g/mol. The van der Waals surface area contributed by atoms with Crippen LogP contribution in [0.4, 0.5) is 0 Å². The fourth-order valence-corrected chi connectivity index (χ4v) is 3.04. The molecule has 0 bridgehead atoms. The van der Waals surface area contributed by atoms with Crippen molar-refractivity contribution in [2.45, 2.75) is 38.6 Å². The van der Waals surface area contributed by atoms with Crippen molar-refractivity contribution in [3.05, 3.63) is 70.8 Å². The normalized spacial score (nSPS) is 18.2. The highest BCUT2D eigenvalue weighted by Crippen LogP contribution is 2.09. The van der Waals surface area contributed by atoms with Gasteiger partial charge < -0.3 is 21.1 Å². The van der Waals surface area contributed by atoms with E-state index in [9.17, 15) is 14.7 Å². The van der Waals surface area contributed by atoms with Gasteiger partial charge in [-0.1, -0.05) is 42.0 Å². The van der Waals surface area contributed by atoms with Crippen molar-refractivity contribution in [2.75, 3.05) is 6.54 Å². The number of carbonyl (C=O) groups is 2. The Hall–Kier alpha value is -2.41. The molecule has 0 saturated carbocycles. The molecule has 2 unspecified atom stereocenters. The Morgan fingerprint density at radius 1 is 1.07 bits per heavy atom. The van der Waals surface area contributed by atoms with Crippen molar-refractivity contribution in [1.82, 2.24) is 16.0 Å². The van der Waals surface area contributed by atoms with Crippen LogP contribution in [0.25, 0.3) is 0 Å². The van der Waals surface area contributed by atoms with E-state index in [0.29, 0.717) is 31.6 Å². The average molecular weight is 404 g/mol. The zero-order chi connectivity index (χ0) is 19.2. The molecule has 1 heterocycles. The van der Waals surface area contributed by atoms with E-state index >= 15 is 0 Å². The third-order valence-corrected chi connectivity index (χ3v) is 4.65. The molecule has 3 rings (SSSR count). The number of carbonyl (C=O) groups excluding carboxylic acids is 2. The first kappa shape index (κ1) is 21.9. The lowest BCUT2D eigenvalue weighted by Crippen LogP contribution is -2.40. The molecule has 0 aromatic heterocycles. The van der Waals surface area contributed by atoms with E-state index < -0.39 is 6.10 Å². The Morgan fingerprint density at radius 2 is 1.79 bits per heavy atom. The highest BCUT2D eigenvalue weighted by Gasteiger charge is 2.27. The van der Waals surface area contributed by atoms with Crippen LogP contribution in [0.1, 0.15) is 33.5 Å². The zero-order valence-corrected chi connectivity index (χ0v) is 16.6. The molecule has 0 aliphatic carbocycles. The molecular weight excluding hydrogens is 378 g/mol. The highest BCUT2D eigenvalue weighted by atomic mass is 35.5. The van der Waals surface area contributed by atoms with Crippen molar-refractivity contribution >= 4 is 24.2 Å². The SMILES string of the molecule is Cc1ccc(CNC(=O)c2cccc(CNC(=O)C3CC(O)CN3)c2)cc1.Cl. The van der Waals surface area contributed by atoms with Gasteiger partial charge in [-0.25, -0.2) is 0 Å². The number of rotatable bonds is 6. The average Bonchev–Trinajstić information content (AvgIpc) is 3.12. The summed E-state index contributed by atoms with van der Waals surface area (Å²) in [4.78, 5) is 24.5. The molecule has 2 atom stereocenters. The van der Waals surface area contributed by atoms with Crippen LogP contribution >= 0.6 is 12.4 Å². The molecule has 1 saturated heterocycles. The first-order valence-corrected chi connectivity index (χ1v) is 9.13. The van der Waals surface area contributed by atoms with Crippen LogP contribution in [-0.4, -0.2) is 35.6 Å². The van der Waals surface area contributed by atoms with Gasteiger partial charge in [0.05, 0.1) is 12.1 Å². The van der Waals surface area contributed by atoms with Crippen molar-refractivity contribution < 1.29 is 14.7 Å². The summed E-state index contributed by atoms with van der Waals surface area (Å²) in [6, 6.07) is 14.9. The highest BCUT2D eigenvalue weighted by molar-refractivity contribution is 5.94. The predicted molar refractivity (Wildman–Crippen MR) is 110 cm³/mol. The molecule has 7 heteroatoms. The lowest BCUT2D eigenvalue weighted by Gasteiger charge is -2.12. The van der Waals surface area contributed by atoms with Crippen molar-refractivity contribution in [3.63, 3.8) is 0 Å². The third kappa shape index (κ3) is 6.05. The molecule has 28 heavy (non-hydrogen) atoms. The number of β-amino-alcohol motifs (C(OH)–C–C–N with tert-alkyl or cyclic N) is 1. The Balaban J connectivity index is 0.00000280. The van der Waals surface area contributed by atoms with Crippen LogP contribution < -0.4 is 16.0 Å². The first-order valence-electron chi connectivity index (χ1n) is 9.13. The van der Waals surface area contributed by atoms with E-state index in [4.69, 9.17) is 0 Å². The summed E-state index contributed by atoms with van der Waals surface area (Å²) in [6.07, 6.45) is -0.0471. The van der Waals surface area contributed by atoms with Gasteiger partial charge in [0.25, 0.3) is 5.91 Å². The maximum Gasteiger partial charge on any atom is 0.251 e. The quantitative estimate of drug-likeness (QED) is 0.590. The van der Waals surface area contributed by atoms with E-state index in [0.717, 1.165) is 11.1 Å². The van der Waals surface area contributed by atoms with Gasteiger partial charge >= 0.3 is 0 Å². The first-order chi connectivity index (χ1) is 13.0. The minimum Gasteiger partial charge on any atom is -0.392 e. The lowest BCUT2D eigenvalue weighted by atomic mass is 10.1. The van der Waals surface area contributed by atoms with E-state index in [1.807, 2.05) is 37.3 Å². The fraction of sp³-hybridized carbons (Fsp3) is 0.333. The van der Waals surface area contributed by atoms with Crippen molar-refractivity contribution in [1.29, 1.82) is 0 Å². The maximum absolute atomic E-state index is 12.4. The number of aryl methyl sites for hydroxylation is 1. The molecule has 0 radical (unpaired) electrons. The van der Waals surface area contributed by atoms with Crippen LogP contribution in [0, 0.1) is 6.92 Å². The largest absolute Gasteiger partial charge is 0.392 e. The Morgan fingerprint density at radius 3 is 2.46 bits per heavy atom. The maximum atomic E-state index is 12.4. The number of aliphatic hydroxyl groups excluding tert-OH is 1. The van der Waals surface area contributed by atoms with Gasteiger partial charge in [0, 0.05) is 25.2 Å². The minimum atomic E-state index is -0.471. The summed E-state index contributed by atoms with van der Waals surface area (Å²) in [7, 11) is 0. The van der Waals surface area contributed by atoms with Crippen molar-refractivity contribution in [3.8, 4) is 0 Å². The summed E-state index contributed by atoms with van der Waals surface area (Å²) < 4.78 is 0. The topological polar surface area (TPSA) is 90.5 Å². The van der Waals surface area contributed by atoms with Gasteiger partial charge in [0.15, 0.2) is 0 Å². The standard InChI is InChI=1S/C21H25N3O3.ClH/c1-14-5-7-15(8-6-14)11-23-20(26)17-4-2-3-16(9-17)12-24-21(27)19-10-18(25)13-22-19;/h2-9,18-19,22,25H,10-13H2,1H3,(H,23,26)(H,24,27);1H. The smallest absolute Gasteiger partial charge is 0.251 e. The van der Waals surface area contributed by atoms with E-state index in [1.165, 1.54) is 5.56 Å². The summed E-state index contributed by atoms with van der Waals surface area (Å²) in [6.45, 7) is 3.27. The fourth-order valence-electron chi connectivity index (χ4n) is 3.04. The van der Waals surface area contributed by atoms with Gasteiger partial charge in [-0.15, -0.1) is 12.4 Å². The van der Waals surface area contributed by atoms with Crippen LogP contribution in [0.15, 0.2) is 48.5 Å². The molecule has 2 aromatic carbocycles. The second-order valence-electron chi connectivity index (χ2n) is 6.94. The van der Waals surface area contributed by atoms with Gasteiger partial charge in [-0.2, -0.15) is 0 Å². The summed E-state index contributed by atoms with van der Waals surface area (Å²) in [5.41, 5.74) is 3.64. The van der Waals surface area contributed by atoms with E-state index in [2.05, 4.69) is 16.0 Å². The molecule has 150 valence electrons. The molecule has 4 N–H and O–H groups in total. The molecular formula is C21H26ClN3O3. The summed E-state index contributed by atoms with van der Waals surface area (Å²) in [5, 5.41) is 18.2. The molecule has 0 spiro atoms. The van der Waals surface area contributed by atoms with E-state index in [1.54, 1.807) is 18.2 Å². The van der Waals surface area contributed by atoms with Gasteiger partial charge in [0.2, 0.25) is 5.91 Å². The second-order valence-corrected chi connectivity index (χ2v) is 6.94. The number of benzene rings is 2. The summed E-state index contributed by atoms with van der Waals surface area (Å²) in [5.74, 6) is -0.287. The van der Waals surface area contributed by atoms with Crippen molar-refractivity contribution in [2.24, 2.45) is 0 Å². The number of amides is 2. The van der Waals surface area contributed by atoms with E-state index in [-0.39, 0.29) is 30.3 Å². The molecule has 1 fully saturated rings. The number of nitrogens with one attached hydrogen (secondary N) is 3. The van der Waals surface area contributed by atoms with Crippen LogP contribution in [0.5, 0.6) is 0 Å². The van der Waals surface area contributed by atoms with Crippen LogP contribution in [0.3, 0.4) is 0 Å². The van der Waals surface area contributed by atoms with Crippen LogP contribution in [0.2, 0.25) is 0 Å². The van der Waals surface area contributed by atoms with Gasteiger partial charge in [-0.3, -0.25) is 9.59 Å².